The third-order valence-electron chi connectivity index (χ3n) is 4.38. The lowest BCUT2D eigenvalue weighted by Gasteiger charge is -2.28. The number of hydrogen-bond acceptors (Lipinski definition) is 4. The Morgan fingerprint density at radius 1 is 1.06 bits per heavy atom. The molecule has 2 rings (SSSR count). The highest BCUT2D eigenvalue weighted by molar-refractivity contribution is 7.80. The van der Waals surface area contributed by atoms with E-state index in [1.807, 2.05) is 26.0 Å². The number of esters is 1. The molecule has 0 bridgehead atoms. The molecule has 172 valence electrons. The van der Waals surface area contributed by atoms with Gasteiger partial charge in [-0.3, -0.25) is 4.79 Å². The number of amides is 1. The van der Waals surface area contributed by atoms with Gasteiger partial charge in [0.15, 0.2) is 5.11 Å². The summed E-state index contributed by atoms with van der Waals surface area (Å²) >= 11 is 23.4. The number of carbonyl (C=O) groups is 2. The molecule has 10 heteroatoms. The first kappa shape index (κ1) is 26.2. The summed E-state index contributed by atoms with van der Waals surface area (Å²) < 4.78 is 3.30. The fraction of sp³-hybridized carbons (Fsp3) is 0.318. The lowest BCUT2D eigenvalue weighted by molar-refractivity contribution is 0.0499. The van der Waals surface area contributed by atoms with E-state index in [2.05, 4.69) is 16.0 Å². The van der Waals surface area contributed by atoms with Gasteiger partial charge in [-0.05, 0) is 61.5 Å². The maximum absolute atomic E-state index is 12.6. The zero-order valence-corrected chi connectivity index (χ0v) is 20.7. The molecule has 0 aliphatic rings. The highest BCUT2D eigenvalue weighted by Gasteiger charge is 2.35. The minimum atomic E-state index is -1.88. The molecule has 0 fully saturated rings. The van der Waals surface area contributed by atoms with E-state index >= 15 is 0 Å². The van der Waals surface area contributed by atoms with Gasteiger partial charge in [-0.1, -0.05) is 66.3 Å². The predicted octanol–water partition coefficient (Wildman–Crippen LogP) is 5.36. The standard InChI is InChI=1S/C22H24Cl3N3O3S/c1-3-4-13-31-19(30)15-9-11-16(12-10-15)26-21(32)28-20(22(23,24)25)27-18(29)17-8-6-5-7-14(17)2/h5-12,20H,3-4,13H2,1-2H3,(H,27,29)(H2,26,28,32). The normalized spacial score (nSPS) is 11.9. The molecule has 1 unspecified atom stereocenters. The van der Waals surface area contributed by atoms with Crippen molar-refractivity contribution in [2.45, 2.75) is 36.6 Å². The fourth-order valence-corrected chi connectivity index (χ4v) is 3.18. The summed E-state index contributed by atoms with van der Waals surface area (Å²) in [7, 11) is 0. The predicted molar refractivity (Wildman–Crippen MR) is 134 cm³/mol. The summed E-state index contributed by atoms with van der Waals surface area (Å²) in [6, 6.07) is 13.6. The van der Waals surface area contributed by atoms with Crippen LogP contribution in [0.4, 0.5) is 5.69 Å². The van der Waals surface area contributed by atoms with Gasteiger partial charge in [-0.15, -0.1) is 0 Å². The number of rotatable bonds is 8. The first-order valence-corrected chi connectivity index (χ1v) is 11.4. The van der Waals surface area contributed by atoms with Crippen molar-refractivity contribution in [1.82, 2.24) is 10.6 Å². The van der Waals surface area contributed by atoms with Gasteiger partial charge in [-0.25, -0.2) is 4.79 Å². The second kappa shape index (κ2) is 12.3. The molecular formula is C22H24Cl3N3O3S. The molecule has 6 nitrogen and oxygen atoms in total. The molecule has 0 heterocycles. The van der Waals surface area contributed by atoms with Crippen LogP contribution in [0.25, 0.3) is 0 Å². The Kier molecular flexibility index (Phi) is 10.0. The zero-order chi connectivity index (χ0) is 23.7. The quantitative estimate of drug-likeness (QED) is 0.144. The summed E-state index contributed by atoms with van der Waals surface area (Å²) in [5.41, 5.74) is 2.26. The third kappa shape index (κ3) is 8.13. The van der Waals surface area contributed by atoms with E-state index in [0.29, 0.717) is 23.4 Å². The van der Waals surface area contributed by atoms with Crippen molar-refractivity contribution < 1.29 is 14.3 Å². The fourth-order valence-electron chi connectivity index (χ4n) is 2.62. The van der Waals surface area contributed by atoms with Gasteiger partial charge >= 0.3 is 5.97 Å². The maximum atomic E-state index is 12.6. The number of unbranched alkanes of at least 4 members (excludes halogenated alkanes) is 1. The van der Waals surface area contributed by atoms with E-state index in [-0.39, 0.29) is 11.1 Å². The zero-order valence-electron chi connectivity index (χ0n) is 17.6. The number of alkyl halides is 3. The molecule has 2 aromatic rings. The van der Waals surface area contributed by atoms with Crippen molar-refractivity contribution in [3.05, 3.63) is 65.2 Å². The van der Waals surface area contributed by atoms with Gasteiger partial charge in [0, 0.05) is 11.3 Å². The minimum absolute atomic E-state index is 0.115. The molecule has 0 radical (unpaired) electrons. The number of nitrogens with one attached hydrogen (secondary N) is 3. The average molecular weight is 517 g/mol. The molecule has 0 saturated carbocycles. The Bertz CT molecular complexity index is 949. The van der Waals surface area contributed by atoms with Crippen molar-refractivity contribution in [2.24, 2.45) is 0 Å². The average Bonchev–Trinajstić information content (AvgIpc) is 2.73. The summed E-state index contributed by atoms with van der Waals surface area (Å²) in [5.74, 6) is -0.804. The molecule has 0 saturated heterocycles. The SMILES string of the molecule is CCCCOC(=O)c1ccc(NC(=S)NC(NC(=O)c2ccccc2C)C(Cl)(Cl)Cl)cc1. The van der Waals surface area contributed by atoms with Crippen molar-refractivity contribution >= 4 is 69.7 Å². The Balaban J connectivity index is 1.99. The molecule has 0 aromatic heterocycles. The van der Waals surface area contributed by atoms with E-state index in [1.54, 1.807) is 36.4 Å². The van der Waals surface area contributed by atoms with Gasteiger partial charge in [0.05, 0.1) is 12.2 Å². The molecule has 1 amide bonds. The summed E-state index contributed by atoms with van der Waals surface area (Å²) in [6.45, 7) is 4.21. The Morgan fingerprint density at radius 3 is 2.31 bits per heavy atom. The molecule has 3 N–H and O–H groups in total. The van der Waals surface area contributed by atoms with Crippen LogP contribution in [0.15, 0.2) is 48.5 Å². The first-order chi connectivity index (χ1) is 15.1. The van der Waals surface area contributed by atoms with Crippen molar-refractivity contribution in [3.8, 4) is 0 Å². The van der Waals surface area contributed by atoms with E-state index in [4.69, 9.17) is 51.8 Å². The van der Waals surface area contributed by atoms with Crippen LogP contribution >= 0.6 is 47.0 Å². The molecular weight excluding hydrogens is 493 g/mol. The molecule has 0 aliphatic carbocycles. The van der Waals surface area contributed by atoms with E-state index in [1.165, 1.54) is 0 Å². The van der Waals surface area contributed by atoms with Gasteiger partial charge in [-0.2, -0.15) is 0 Å². The van der Waals surface area contributed by atoms with Gasteiger partial charge in [0.25, 0.3) is 5.91 Å². The first-order valence-electron chi connectivity index (χ1n) is 9.89. The number of ether oxygens (including phenoxy) is 1. The van der Waals surface area contributed by atoms with Crippen LogP contribution in [0.5, 0.6) is 0 Å². The smallest absolute Gasteiger partial charge is 0.338 e. The van der Waals surface area contributed by atoms with Crippen LogP contribution in [0.1, 0.15) is 46.0 Å². The van der Waals surface area contributed by atoms with Crippen LogP contribution in [-0.2, 0) is 4.74 Å². The van der Waals surface area contributed by atoms with Crippen LogP contribution in [0.2, 0.25) is 0 Å². The number of hydrogen-bond donors (Lipinski definition) is 3. The second-order valence-corrected chi connectivity index (χ2v) is 9.71. The van der Waals surface area contributed by atoms with Crippen LogP contribution in [-0.4, -0.2) is 33.6 Å². The van der Waals surface area contributed by atoms with Crippen molar-refractivity contribution in [3.63, 3.8) is 0 Å². The topological polar surface area (TPSA) is 79.5 Å². The number of benzene rings is 2. The van der Waals surface area contributed by atoms with Gasteiger partial charge in [0.2, 0.25) is 3.79 Å². The molecule has 2 aromatic carbocycles. The second-order valence-electron chi connectivity index (χ2n) is 6.93. The number of carbonyl (C=O) groups excluding carboxylic acids is 2. The molecule has 0 spiro atoms. The van der Waals surface area contributed by atoms with Crippen molar-refractivity contribution in [2.75, 3.05) is 11.9 Å². The van der Waals surface area contributed by atoms with Crippen LogP contribution in [0, 0.1) is 6.92 Å². The van der Waals surface area contributed by atoms with Crippen LogP contribution in [0.3, 0.4) is 0 Å². The Labute approximate surface area is 207 Å². The summed E-state index contributed by atoms with van der Waals surface area (Å²) in [5, 5.41) is 8.49. The lowest BCUT2D eigenvalue weighted by Crippen LogP contribution is -2.56. The summed E-state index contributed by atoms with van der Waals surface area (Å²) in [6.07, 6.45) is 0.657. The molecule has 1 atom stereocenters. The van der Waals surface area contributed by atoms with E-state index in [0.717, 1.165) is 18.4 Å². The number of thiocarbonyl (C=S) groups is 1. The van der Waals surface area contributed by atoms with E-state index < -0.39 is 15.9 Å². The largest absolute Gasteiger partial charge is 0.462 e. The van der Waals surface area contributed by atoms with E-state index in [9.17, 15) is 9.59 Å². The third-order valence-corrected chi connectivity index (χ3v) is 5.25. The highest BCUT2D eigenvalue weighted by Crippen LogP contribution is 2.29. The van der Waals surface area contributed by atoms with Gasteiger partial charge < -0.3 is 20.7 Å². The number of anilines is 1. The molecule has 32 heavy (non-hydrogen) atoms. The molecule has 0 aliphatic heterocycles. The number of aryl methyl sites for hydroxylation is 1. The Morgan fingerprint density at radius 2 is 1.72 bits per heavy atom. The number of halogens is 3. The maximum Gasteiger partial charge on any atom is 0.338 e. The Hall–Kier alpha value is -2.06. The van der Waals surface area contributed by atoms with Crippen molar-refractivity contribution in [1.29, 1.82) is 0 Å². The monoisotopic (exact) mass is 515 g/mol. The lowest BCUT2D eigenvalue weighted by atomic mass is 10.1. The van der Waals surface area contributed by atoms with Gasteiger partial charge in [0.1, 0.15) is 6.17 Å². The van der Waals surface area contributed by atoms with Crippen LogP contribution < -0.4 is 16.0 Å². The highest BCUT2D eigenvalue weighted by atomic mass is 35.6. The summed E-state index contributed by atoms with van der Waals surface area (Å²) in [4.78, 5) is 24.6. The minimum Gasteiger partial charge on any atom is -0.462 e.